The fourth-order valence-electron chi connectivity index (χ4n) is 2.68. The first-order valence-corrected chi connectivity index (χ1v) is 11.0. The SMILES string of the molecule is COc1ccccc1CNS(=O)(=O)c1cc(C(=O)NCc2ccco2)c(Cl)cc1Cl. The number of rotatable bonds is 8. The number of amides is 1. The van der Waals surface area contributed by atoms with Crippen LogP contribution in [0.4, 0.5) is 0 Å². The van der Waals surface area contributed by atoms with Crippen LogP contribution in [0.3, 0.4) is 0 Å². The lowest BCUT2D eigenvalue weighted by Crippen LogP contribution is -2.26. The Balaban J connectivity index is 1.81. The number of methoxy groups -OCH3 is 1. The van der Waals surface area contributed by atoms with Gasteiger partial charge >= 0.3 is 0 Å². The zero-order valence-corrected chi connectivity index (χ0v) is 18.1. The van der Waals surface area contributed by atoms with Gasteiger partial charge in [0.15, 0.2) is 0 Å². The standard InChI is InChI=1S/C20H18Cl2N2O5S/c1-28-18-7-3-2-5-13(18)11-24-30(26,27)19-9-15(16(21)10-17(19)22)20(25)23-12-14-6-4-8-29-14/h2-10,24H,11-12H2,1H3,(H,23,25). The molecule has 2 aromatic carbocycles. The van der Waals surface area contributed by atoms with Gasteiger partial charge in [0.2, 0.25) is 10.0 Å². The fourth-order valence-corrected chi connectivity index (χ4v) is 4.55. The zero-order chi connectivity index (χ0) is 21.7. The van der Waals surface area contributed by atoms with Crippen molar-refractivity contribution in [2.45, 2.75) is 18.0 Å². The van der Waals surface area contributed by atoms with Crippen LogP contribution >= 0.6 is 23.2 Å². The van der Waals surface area contributed by atoms with Gasteiger partial charge in [-0.1, -0.05) is 41.4 Å². The number of hydrogen-bond acceptors (Lipinski definition) is 5. The van der Waals surface area contributed by atoms with Crippen LogP contribution in [-0.2, 0) is 23.1 Å². The van der Waals surface area contributed by atoms with Gasteiger partial charge in [0.05, 0.1) is 35.5 Å². The Kier molecular flexibility index (Phi) is 7.04. The minimum atomic E-state index is -4.04. The largest absolute Gasteiger partial charge is 0.496 e. The van der Waals surface area contributed by atoms with Crippen molar-refractivity contribution in [3.05, 3.63) is 81.7 Å². The first kappa shape index (κ1) is 22.2. The van der Waals surface area contributed by atoms with Gasteiger partial charge in [-0.05, 0) is 30.3 Å². The van der Waals surface area contributed by atoms with E-state index in [-0.39, 0.29) is 33.6 Å². The van der Waals surface area contributed by atoms with Crippen molar-refractivity contribution in [2.24, 2.45) is 0 Å². The normalized spacial score (nSPS) is 11.3. The molecule has 0 radical (unpaired) electrons. The maximum absolute atomic E-state index is 12.8. The molecule has 0 atom stereocenters. The van der Waals surface area contributed by atoms with Crippen LogP contribution in [0.2, 0.25) is 10.0 Å². The number of sulfonamides is 1. The molecular weight excluding hydrogens is 451 g/mol. The molecule has 1 amide bonds. The second-order valence-electron chi connectivity index (χ2n) is 6.16. The molecule has 2 N–H and O–H groups in total. The molecular formula is C20H18Cl2N2O5S. The van der Waals surface area contributed by atoms with Gasteiger partial charge in [-0.2, -0.15) is 0 Å². The highest BCUT2D eigenvalue weighted by atomic mass is 35.5. The van der Waals surface area contributed by atoms with E-state index in [9.17, 15) is 13.2 Å². The predicted molar refractivity (Wildman–Crippen MR) is 113 cm³/mol. The highest BCUT2D eigenvalue weighted by Gasteiger charge is 2.23. The summed E-state index contributed by atoms with van der Waals surface area (Å²) in [6, 6.07) is 12.8. The summed E-state index contributed by atoms with van der Waals surface area (Å²) in [5.41, 5.74) is 0.621. The second kappa shape index (κ2) is 9.53. The molecule has 0 saturated carbocycles. The summed E-state index contributed by atoms with van der Waals surface area (Å²) in [5, 5.41) is 2.55. The van der Waals surface area contributed by atoms with Crippen LogP contribution in [0.15, 0.2) is 64.1 Å². The van der Waals surface area contributed by atoms with Crippen LogP contribution in [0.5, 0.6) is 5.75 Å². The van der Waals surface area contributed by atoms with Gasteiger partial charge in [-0.3, -0.25) is 4.79 Å². The third-order valence-electron chi connectivity index (χ3n) is 4.20. The monoisotopic (exact) mass is 468 g/mol. The van der Waals surface area contributed by atoms with Crippen LogP contribution < -0.4 is 14.8 Å². The van der Waals surface area contributed by atoms with E-state index < -0.39 is 15.9 Å². The van der Waals surface area contributed by atoms with Gasteiger partial charge in [0, 0.05) is 12.1 Å². The summed E-state index contributed by atoms with van der Waals surface area (Å²) in [7, 11) is -2.54. The number of furan rings is 1. The Labute approximate surface area is 184 Å². The molecule has 0 saturated heterocycles. The maximum Gasteiger partial charge on any atom is 0.253 e. The lowest BCUT2D eigenvalue weighted by molar-refractivity contribution is 0.0948. The molecule has 3 aromatic rings. The minimum Gasteiger partial charge on any atom is -0.496 e. The summed E-state index contributed by atoms with van der Waals surface area (Å²) >= 11 is 12.2. The highest BCUT2D eigenvalue weighted by molar-refractivity contribution is 7.89. The number of benzene rings is 2. The quantitative estimate of drug-likeness (QED) is 0.520. The first-order valence-electron chi connectivity index (χ1n) is 8.73. The van der Waals surface area contributed by atoms with Crippen molar-refractivity contribution in [2.75, 3.05) is 7.11 Å². The van der Waals surface area contributed by atoms with Gasteiger partial charge in [-0.25, -0.2) is 13.1 Å². The van der Waals surface area contributed by atoms with Crippen molar-refractivity contribution >= 4 is 39.1 Å². The van der Waals surface area contributed by atoms with Crippen LogP contribution in [-0.4, -0.2) is 21.4 Å². The zero-order valence-electron chi connectivity index (χ0n) is 15.8. The Morgan fingerprint density at radius 1 is 1.07 bits per heavy atom. The first-order chi connectivity index (χ1) is 14.3. The van der Waals surface area contributed by atoms with E-state index in [2.05, 4.69) is 10.0 Å². The Hall–Kier alpha value is -2.52. The number of para-hydroxylation sites is 1. The molecule has 0 aliphatic rings. The molecule has 1 heterocycles. The van der Waals surface area contributed by atoms with Crippen molar-refractivity contribution in [3.8, 4) is 5.75 Å². The number of carbonyl (C=O) groups excluding carboxylic acids is 1. The van der Waals surface area contributed by atoms with Gasteiger partial charge < -0.3 is 14.5 Å². The van der Waals surface area contributed by atoms with Crippen molar-refractivity contribution in [3.63, 3.8) is 0 Å². The van der Waals surface area contributed by atoms with Crippen molar-refractivity contribution < 1.29 is 22.4 Å². The summed E-state index contributed by atoms with van der Waals surface area (Å²) < 4.78 is 38.5. The van der Waals surface area contributed by atoms with Gasteiger partial charge in [0.25, 0.3) is 5.91 Å². The minimum absolute atomic E-state index is 0.0225. The molecule has 30 heavy (non-hydrogen) atoms. The number of hydrogen-bond donors (Lipinski definition) is 2. The molecule has 158 valence electrons. The van der Waals surface area contributed by atoms with Crippen LogP contribution in [0.25, 0.3) is 0 Å². The fraction of sp³-hybridized carbons (Fsp3) is 0.150. The molecule has 0 bridgehead atoms. The summed E-state index contributed by atoms with van der Waals surface area (Å²) in [4.78, 5) is 12.2. The number of ether oxygens (including phenoxy) is 1. The highest BCUT2D eigenvalue weighted by Crippen LogP contribution is 2.29. The second-order valence-corrected chi connectivity index (χ2v) is 8.71. The topological polar surface area (TPSA) is 97.6 Å². The lowest BCUT2D eigenvalue weighted by Gasteiger charge is -2.13. The summed E-state index contributed by atoms with van der Waals surface area (Å²) in [5.74, 6) is 0.523. The lowest BCUT2D eigenvalue weighted by atomic mass is 10.2. The van der Waals surface area contributed by atoms with Crippen molar-refractivity contribution in [1.82, 2.24) is 10.0 Å². The third-order valence-corrected chi connectivity index (χ3v) is 6.38. The molecule has 0 aliphatic heterocycles. The molecule has 0 aliphatic carbocycles. The van der Waals surface area contributed by atoms with Crippen molar-refractivity contribution in [1.29, 1.82) is 0 Å². The Morgan fingerprint density at radius 3 is 2.53 bits per heavy atom. The Bertz CT molecular complexity index is 1150. The molecule has 7 nitrogen and oxygen atoms in total. The van der Waals surface area contributed by atoms with E-state index in [1.807, 2.05) is 0 Å². The Morgan fingerprint density at radius 2 is 1.83 bits per heavy atom. The number of carbonyl (C=O) groups is 1. The molecule has 0 unspecified atom stereocenters. The average molecular weight is 469 g/mol. The third kappa shape index (κ3) is 5.14. The molecule has 1 aromatic heterocycles. The molecule has 3 rings (SSSR count). The van der Waals surface area contributed by atoms with E-state index in [1.54, 1.807) is 36.4 Å². The molecule has 10 heteroatoms. The maximum atomic E-state index is 12.8. The smallest absolute Gasteiger partial charge is 0.253 e. The van der Waals surface area contributed by atoms with Crippen LogP contribution in [0.1, 0.15) is 21.7 Å². The van der Waals surface area contributed by atoms with E-state index in [0.29, 0.717) is 17.1 Å². The molecule has 0 spiro atoms. The van der Waals surface area contributed by atoms with Gasteiger partial charge in [-0.15, -0.1) is 0 Å². The number of halogens is 2. The predicted octanol–water partition coefficient (Wildman–Crippen LogP) is 4.00. The van der Waals surface area contributed by atoms with E-state index in [4.69, 9.17) is 32.4 Å². The number of nitrogens with one attached hydrogen (secondary N) is 2. The van der Waals surface area contributed by atoms with E-state index in [1.165, 1.54) is 19.4 Å². The van der Waals surface area contributed by atoms with Crippen LogP contribution in [0, 0.1) is 0 Å². The van der Waals surface area contributed by atoms with Gasteiger partial charge in [0.1, 0.15) is 16.4 Å². The summed E-state index contributed by atoms with van der Waals surface area (Å²) in [6.45, 7) is 0.101. The average Bonchev–Trinajstić information content (AvgIpc) is 3.24. The molecule has 0 fully saturated rings. The summed E-state index contributed by atoms with van der Waals surface area (Å²) in [6.07, 6.45) is 1.48. The van der Waals surface area contributed by atoms with E-state index >= 15 is 0 Å². The van der Waals surface area contributed by atoms with E-state index in [0.717, 1.165) is 6.07 Å².